The number of amides is 2. The highest BCUT2D eigenvalue weighted by molar-refractivity contribution is 6.32. The van der Waals surface area contributed by atoms with Gasteiger partial charge in [0.2, 0.25) is 0 Å². The Balaban J connectivity index is 2.16. The fraction of sp³-hybridized carbons (Fsp3) is 0.316. The van der Waals surface area contributed by atoms with Crippen LogP contribution in [0.2, 0.25) is 5.02 Å². The van der Waals surface area contributed by atoms with Crippen LogP contribution in [-0.2, 0) is 5.54 Å². The van der Waals surface area contributed by atoms with Gasteiger partial charge < -0.3 is 24.8 Å². The maximum absolute atomic E-state index is 12.5. The quantitative estimate of drug-likeness (QED) is 0.780. The van der Waals surface area contributed by atoms with E-state index in [0.717, 1.165) is 11.3 Å². The van der Waals surface area contributed by atoms with Gasteiger partial charge in [-0.3, -0.25) is 0 Å². The third kappa shape index (κ3) is 4.52. The monoisotopic (exact) mass is 378 g/mol. The first-order valence-electron chi connectivity index (χ1n) is 7.96. The van der Waals surface area contributed by atoms with Crippen LogP contribution in [-0.4, -0.2) is 27.4 Å². The number of halogens is 1. The minimum absolute atomic E-state index is 0.381. The second kappa shape index (κ2) is 8.19. The Bertz CT molecular complexity index is 776. The van der Waals surface area contributed by atoms with Crippen LogP contribution in [0, 0.1) is 0 Å². The van der Waals surface area contributed by atoms with Crippen molar-refractivity contribution in [1.82, 2.24) is 5.32 Å². The first-order chi connectivity index (χ1) is 12.3. The summed E-state index contributed by atoms with van der Waals surface area (Å²) in [5.74, 6) is 1.64. The number of hydrogen-bond donors (Lipinski definition) is 2. The number of carbonyl (C=O) groups excluding carboxylic acids is 1. The van der Waals surface area contributed by atoms with Crippen LogP contribution in [0.4, 0.5) is 10.5 Å². The molecule has 0 bridgehead atoms. The van der Waals surface area contributed by atoms with Gasteiger partial charge in [-0.15, -0.1) is 0 Å². The Hall–Kier alpha value is -2.60. The molecule has 0 aromatic heterocycles. The van der Waals surface area contributed by atoms with Crippen LogP contribution in [0.1, 0.15) is 19.4 Å². The summed E-state index contributed by atoms with van der Waals surface area (Å²) in [5.41, 5.74) is 0.797. The fourth-order valence-electron chi connectivity index (χ4n) is 2.48. The average Bonchev–Trinajstić information content (AvgIpc) is 2.62. The molecule has 0 saturated heterocycles. The van der Waals surface area contributed by atoms with Gasteiger partial charge in [-0.05, 0) is 31.5 Å². The first-order valence-corrected chi connectivity index (χ1v) is 8.33. The molecule has 0 aliphatic rings. The second-order valence-electron chi connectivity index (χ2n) is 6.12. The van der Waals surface area contributed by atoms with Crippen LogP contribution in [0.15, 0.2) is 36.4 Å². The fourth-order valence-corrected chi connectivity index (χ4v) is 2.71. The van der Waals surface area contributed by atoms with Gasteiger partial charge in [-0.1, -0.05) is 23.7 Å². The topological polar surface area (TPSA) is 68.8 Å². The summed E-state index contributed by atoms with van der Waals surface area (Å²) in [4.78, 5) is 12.5. The Morgan fingerprint density at radius 1 is 0.962 bits per heavy atom. The van der Waals surface area contributed by atoms with Gasteiger partial charge in [-0.2, -0.15) is 0 Å². The number of carbonyl (C=O) groups is 1. The lowest BCUT2D eigenvalue weighted by atomic mass is 9.94. The number of methoxy groups -OCH3 is 3. The van der Waals surface area contributed by atoms with Crippen LogP contribution in [0.3, 0.4) is 0 Å². The zero-order valence-electron chi connectivity index (χ0n) is 15.5. The molecule has 7 heteroatoms. The molecule has 0 radical (unpaired) electrons. The molecular formula is C19H23ClN2O4. The van der Waals surface area contributed by atoms with Crippen molar-refractivity contribution in [3.05, 3.63) is 47.0 Å². The predicted octanol–water partition coefficient (Wildman–Crippen LogP) is 4.42. The Kier molecular flexibility index (Phi) is 6.21. The molecule has 0 saturated carbocycles. The van der Waals surface area contributed by atoms with E-state index in [4.69, 9.17) is 25.8 Å². The largest absolute Gasteiger partial charge is 0.497 e. The number of anilines is 1. The van der Waals surface area contributed by atoms with Gasteiger partial charge in [0.25, 0.3) is 0 Å². The van der Waals surface area contributed by atoms with Crippen molar-refractivity contribution in [2.75, 3.05) is 26.6 Å². The van der Waals surface area contributed by atoms with Crippen molar-refractivity contribution >= 4 is 23.3 Å². The summed E-state index contributed by atoms with van der Waals surface area (Å²) < 4.78 is 15.6. The van der Waals surface area contributed by atoms with Gasteiger partial charge in [0.05, 0.1) is 37.6 Å². The third-order valence-electron chi connectivity index (χ3n) is 3.96. The number of ether oxygens (including phenoxy) is 3. The molecule has 26 heavy (non-hydrogen) atoms. The summed E-state index contributed by atoms with van der Waals surface area (Å²) >= 11 is 6.08. The van der Waals surface area contributed by atoms with Gasteiger partial charge in [-0.25, -0.2) is 4.79 Å². The maximum atomic E-state index is 12.5. The first kappa shape index (κ1) is 19.7. The van der Waals surface area contributed by atoms with Crippen molar-refractivity contribution in [2.45, 2.75) is 19.4 Å². The van der Waals surface area contributed by atoms with E-state index < -0.39 is 5.54 Å². The normalized spacial score (nSPS) is 10.8. The zero-order chi connectivity index (χ0) is 19.3. The van der Waals surface area contributed by atoms with Crippen LogP contribution < -0.4 is 24.8 Å². The summed E-state index contributed by atoms with van der Waals surface area (Å²) in [6.07, 6.45) is 0. The van der Waals surface area contributed by atoms with Crippen LogP contribution >= 0.6 is 11.6 Å². The van der Waals surface area contributed by atoms with Crippen molar-refractivity contribution in [2.24, 2.45) is 0 Å². The molecule has 2 aromatic carbocycles. The van der Waals surface area contributed by atoms with E-state index in [1.165, 1.54) is 14.2 Å². The highest BCUT2D eigenvalue weighted by Gasteiger charge is 2.23. The molecule has 2 aromatic rings. The lowest BCUT2D eigenvalue weighted by molar-refractivity contribution is 0.241. The minimum Gasteiger partial charge on any atom is -0.497 e. The van der Waals surface area contributed by atoms with Gasteiger partial charge in [0, 0.05) is 12.1 Å². The Morgan fingerprint density at radius 2 is 1.58 bits per heavy atom. The molecule has 0 heterocycles. The molecule has 0 aliphatic heterocycles. The van der Waals surface area contributed by atoms with E-state index >= 15 is 0 Å². The van der Waals surface area contributed by atoms with Crippen LogP contribution in [0.5, 0.6) is 17.2 Å². The summed E-state index contributed by atoms with van der Waals surface area (Å²) in [6.45, 7) is 3.82. The smallest absolute Gasteiger partial charge is 0.320 e. The van der Waals surface area contributed by atoms with E-state index in [-0.39, 0.29) is 6.03 Å². The summed E-state index contributed by atoms with van der Waals surface area (Å²) in [7, 11) is 4.62. The lowest BCUT2D eigenvalue weighted by Gasteiger charge is -2.27. The number of benzene rings is 2. The van der Waals surface area contributed by atoms with E-state index in [2.05, 4.69) is 10.6 Å². The number of rotatable bonds is 6. The molecule has 0 aliphatic carbocycles. The van der Waals surface area contributed by atoms with Crippen molar-refractivity contribution in [3.8, 4) is 17.2 Å². The van der Waals surface area contributed by atoms with E-state index in [1.807, 2.05) is 38.1 Å². The molecule has 6 nitrogen and oxygen atoms in total. The number of hydrogen-bond acceptors (Lipinski definition) is 4. The van der Waals surface area contributed by atoms with E-state index in [0.29, 0.717) is 22.2 Å². The maximum Gasteiger partial charge on any atom is 0.320 e. The van der Waals surface area contributed by atoms with Crippen LogP contribution in [0.25, 0.3) is 0 Å². The Morgan fingerprint density at radius 3 is 2.12 bits per heavy atom. The third-order valence-corrected chi connectivity index (χ3v) is 4.26. The molecule has 0 spiro atoms. The number of nitrogens with one attached hydrogen (secondary N) is 2. The van der Waals surface area contributed by atoms with Crippen molar-refractivity contribution in [3.63, 3.8) is 0 Å². The molecule has 0 fully saturated rings. The standard InChI is InChI=1S/C19H23ClN2O4/c1-19(2,12-6-8-13(24-3)9-7-12)22-18(23)21-15-11-16(25-4)14(20)10-17(15)26-5/h6-11H,1-5H3,(H2,21,22,23). The van der Waals surface area contributed by atoms with Crippen molar-refractivity contribution < 1.29 is 19.0 Å². The van der Waals surface area contributed by atoms with E-state index in [1.54, 1.807) is 19.2 Å². The lowest BCUT2D eigenvalue weighted by Crippen LogP contribution is -2.43. The SMILES string of the molecule is COc1ccc(C(C)(C)NC(=O)Nc2cc(OC)c(Cl)cc2OC)cc1. The number of urea groups is 1. The second-order valence-corrected chi connectivity index (χ2v) is 6.53. The zero-order valence-corrected chi connectivity index (χ0v) is 16.2. The average molecular weight is 379 g/mol. The molecule has 0 atom stereocenters. The highest BCUT2D eigenvalue weighted by Crippen LogP contribution is 2.36. The molecule has 140 valence electrons. The summed E-state index contributed by atoms with van der Waals surface area (Å²) in [5, 5.41) is 6.11. The molecule has 2 N–H and O–H groups in total. The highest BCUT2D eigenvalue weighted by atomic mass is 35.5. The van der Waals surface area contributed by atoms with Gasteiger partial charge in [0.15, 0.2) is 0 Å². The van der Waals surface area contributed by atoms with E-state index in [9.17, 15) is 4.79 Å². The summed E-state index contributed by atoms with van der Waals surface area (Å²) in [6, 6.07) is 10.3. The predicted molar refractivity (Wildman–Crippen MR) is 103 cm³/mol. The molecule has 2 amide bonds. The Labute approximate surface area is 158 Å². The van der Waals surface area contributed by atoms with Gasteiger partial charge >= 0.3 is 6.03 Å². The molecule has 2 rings (SSSR count). The van der Waals surface area contributed by atoms with Crippen molar-refractivity contribution in [1.29, 1.82) is 0 Å². The molecular weight excluding hydrogens is 356 g/mol. The minimum atomic E-state index is -0.597. The van der Waals surface area contributed by atoms with Gasteiger partial charge in [0.1, 0.15) is 17.2 Å². The molecule has 0 unspecified atom stereocenters.